The van der Waals surface area contributed by atoms with Crippen LogP contribution in [0, 0.1) is 0 Å². The third-order valence-corrected chi connectivity index (χ3v) is 6.95. The van der Waals surface area contributed by atoms with Crippen molar-refractivity contribution in [1.82, 2.24) is 0 Å². The van der Waals surface area contributed by atoms with E-state index >= 15 is 0 Å². The Kier molecular flexibility index (Phi) is 7.17. The van der Waals surface area contributed by atoms with Gasteiger partial charge in [0.25, 0.3) is 0 Å². The van der Waals surface area contributed by atoms with E-state index in [1.165, 1.54) is 0 Å². The Morgan fingerprint density at radius 1 is 0.946 bits per heavy atom. The first-order chi connectivity index (χ1) is 17.9. The van der Waals surface area contributed by atoms with Gasteiger partial charge in [-0.1, -0.05) is 18.2 Å². The summed E-state index contributed by atoms with van der Waals surface area (Å²) in [6.07, 6.45) is 6.59. The first kappa shape index (κ1) is 24.9. The van der Waals surface area contributed by atoms with E-state index in [9.17, 15) is 19.5 Å². The smallest absolute Gasteiger partial charge is 0.342 e. The fourth-order valence-corrected chi connectivity index (χ4v) is 5.08. The van der Waals surface area contributed by atoms with Crippen molar-refractivity contribution in [1.29, 1.82) is 0 Å². The van der Waals surface area contributed by atoms with Crippen molar-refractivity contribution in [2.75, 3.05) is 13.2 Å². The number of ketones is 1. The summed E-state index contributed by atoms with van der Waals surface area (Å²) in [5.41, 5.74) is 1.53. The van der Waals surface area contributed by atoms with Gasteiger partial charge >= 0.3 is 11.9 Å². The number of carbonyl (C=O) groups excluding carboxylic acids is 3. The molecule has 3 aliphatic rings. The summed E-state index contributed by atoms with van der Waals surface area (Å²) >= 11 is 0. The molecule has 0 radical (unpaired) electrons. The molecule has 2 aromatic carbocycles. The van der Waals surface area contributed by atoms with Crippen LogP contribution in [0.25, 0.3) is 6.08 Å². The summed E-state index contributed by atoms with van der Waals surface area (Å²) < 4.78 is 22.5. The van der Waals surface area contributed by atoms with E-state index < -0.39 is 24.0 Å². The second-order valence-corrected chi connectivity index (χ2v) is 9.68. The average Bonchev–Trinajstić information content (AvgIpc) is 2.87. The molecule has 0 saturated carbocycles. The highest BCUT2D eigenvalue weighted by Gasteiger charge is 2.36. The number of hydrogen-bond acceptors (Lipinski definition) is 8. The molecule has 3 heterocycles. The number of hydrogen-bond donors (Lipinski definition) is 1. The second-order valence-electron chi connectivity index (χ2n) is 9.68. The fraction of sp³-hybridized carbons (Fsp3) is 0.414. The molecule has 2 atom stereocenters. The number of allylic oxidation sites excluding steroid dienone is 1. The van der Waals surface area contributed by atoms with Crippen molar-refractivity contribution in [2.24, 2.45) is 0 Å². The van der Waals surface area contributed by atoms with Gasteiger partial charge < -0.3 is 24.1 Å². The highest BCUT2D eigenvalue weighted by Crippen LogP contribution is 2.48. The van der Waals surface area contributed by atoms with Crippen LogP contribution in [-0.4, -0.2) is 42.1 Å². The van der Waals surface area contributed by atoms with Crippen LogP contribution in [0.4, 0.5) is 0 Å². The van der Waals surface area contributed by atoms with Crippen LogP contribution in [-0.2, 0) is 14.3 Å². The fourth-order valence-electron chi connectivity index (χ4n) is 5.08. The summed E-state index contributed by atoms with van der Waals surface area (Å²) in [6.45, 7) is 2.66. The molecule has 0 aliphatic carbocycles. The number of rotatable bonds is 1. The van der Waals surface area contributed by atoms with E-state index in [1.54, 1.807) is 31.2 Å². The number of esters is 2. The lowest BCUT2D eigenvalue weighted by atomic mass is 9.83. The van der Waals surface area contributed by atoms with Gasteiger partial charge in [0.05, 0.1) is 12.5 Å². The molecule has 8 heteroatoms. The van der Waals surface area contributed by atoms with Crippen LogP contribution < -0.4 is 14.2 Å². The third kappa shape index (κ3) is 5.33. The van der Waals surface area contributed by atoms with Gasteiger partial charge in [0.15, 0.2) is 11.5 Å². The lowest BCUT2D eigenvalue weighted by Gasteiger charge is -2.28. The number of phenols is 1. The Morgan fingerprint density at radius 2 is 1.73 bits per heavy atom. The highest BCUT2D eigenvalue weighted by atomic mass is 16.6. The Balaban J connectivity index is 1.58. The number of carbonyl (C=O) groups is 3. The van der Waals surface area contributed by atoms with Gasteiger partial charge in [-0.2, -0.15) is 0 Å². The Morgan fingerprint density at radius 3 is 2.57 bits per heavy atom. The molecule has 0 fully saturated rings. The first-order valence-corrected chi connectivity index (χ1v) is 12.8. The van der Waals surface area contributed by atoms with Crippen LogP contribution in [0.15, 0.2) is 30.3 Å². The minimum Gasteiger partial charge on any atom is -0.507 e. The predicted molar refractivity (Wildman–Crippen MR) is 134 cm³/mol. The van der Waals surface area contributed by atoms with E-state index in [0.29, 0.717) is 74.4 Å². The quantitative estimate of drug-likeness (QED) is 0.421. The number of benzene rings is 2. The van der Waals surface area contributed by atoms with Crippen molar-refractivity contribution in [3.05, 3.63) is 52.6 Å². The normalized spacial score (nSPS) is 23.1. The standard InChI is InChI=1S/C29H30O8/c1-17-6-5-9-20(30)8-4-2-3-7-19-15-24-27(28(32)26(19)29(33)36-17)21(16-25(31)37-24)18-10-11-22-23(14-18)35-13-12-34-22/h3,7,10-11,14-15,17,21,32H,2,4-6,8-9,12-13,16H2,1H3/b7-3+/t17-,21+/m1/s1. The molecule has 5 rings (SSSR count). The van der Waals surface area contributed by atoms with Crippen molar-refractivity contribution < 1.29 is 38.4 Å². The average molecular weight is 507 g/mol. The summed E-state index contributed by atoms with van der Waals surface area (Å²) in [6, 6.07) is 7.01. The number of ether oxygens (including phenoxy) is 4. The SMILES string of the molecule is C[C@@H]1CCCC(=O)CCC/C=C/c2cc3c(c(O)c2C(=O)O1)[C@H](c1ccc2c(c1)OCCO2)CC(=O)O3. The maximum absolute atomic E-state index is 13.3. The van der Waals surface area contributed by atoms with Crippen molar-refractivity contribution in [3.8, 4) is 23.0 Å². The second kappa shape index (κ2) is 10.7. The molecule has 2 aromatic rings. The highest BCUT2D eigenvalue weighted by molar-refractivity contribution is 5.98. The molecule has 0 bridgehead atoms. The maximum atomic E-state index is 13.3. The van der Waals surface area contributed by atoms with Crippen LogP contribution >= 0.6 is 0 Å². The van der Waals surface area contributed by atoms with Crippen molar-refractivity contribution in [3.63, 3.8) is 0 Å². The van der Waals surface area contributed by atoms with E-state index in [1.807, 2.05) is 12.1 Å². The Labute approximate surface area is 215 Å². The van der Waals surface area contributed by atoms with Gasteiger partial charge in [0, 0.05) is 24.3 Å². The molecular weight excluding hydrogens is 476 g/mol. The van der Waals surface area contributed by atoms with Crippen LogP contribution in [0.1, 0.15) is 84.8 Å². The predicted octanol–water partition coefficient (Wildman–Crippen LogP) is 5.09. The monoisotopic (exact) mass is 506 g/mol. The molecular formula is C29H30O8. The molecule has 0 aromatic heterocycles. The largest absolute Gasteiger partial charge is 0.507 e. The zero-order chi connectivity index (χ0) is 25.9. The van der Waals surface area contributed by atoms with Gasteiger partial charge in [-0.05, 0) is 61.9 Å². The van der Waals surface area contributed by atoms with Gasteiger partial charge in [-0.15, -0.1) is 0 Å². The topological polar surface area (TPSA) is 108 Å². The number of aromatic hydroxyl groups is 1. The minimum atomic E-state index is -0.659. The third-order valence-electron chi connectivity index (χ3n) is 6.95. The summed E-state index contributed by atoms with van der Waals surface area (Å²) in [4.78, 5) is 38.0. The van der Waals surface area contributed by atoms with E-state index in [2.05, 4.69) is 0 Å². The zero-order valence-electron chi connectivity index (χ0n) is 20.8. The van der Waals surface area contributed by atoms with Crippen molar-refractivity contribution in [2.45, 2.75) is 63.9 Å². The molecule has 194 valence electrons. The minimum absolute atomic E-state index is 0.00565. The van der Waals surface area contributed by atoms with Crippen LogP contribution in [0.5, 0.6) is 23.0 Å². The molecule has 3 aliphatic heterocycles. The zero-order valence-corrected chi connectivity index (χ0v) is 20.8. The van der Waals surface area contributed by atoms with E-state index in [-0.39, 0.29) is 29.3 Å². The van der Waals surface area contributed by atoms with Gasteiger partial charge in [0.1, 0.15) is 36.1 Å². The van der Waals surface area contributed by atoms with Gasteiger partial charge in [0.2, 0.25) is 0 Å². The summed E-state index contributed by atoms with van der Waals surface area (Å²) in [5.74, 6) is -0.319. The molecule has 8 nitrogen and oxygen atoms in total. The first-order valence-electron chi connectivity index (χ1n) is 12.8. The number of Topliss-reactive ketones (excluding diaryl/α,β-unsaturated/α-hetero) is 1. The molecule has 0 saturated heterocycles. The molecule has 37 heavy (non-hydrogen) atoms. The molecule has 0 amide bonds. The van der Waals surface area contributed by atoms with Crippen LogP contribution in [0.2, 0.25) is 0 Å². The lowest BCUT2D eigenvalue weighted by molar-refractivity contribution is -0.135. The summed E-state index contributed by atoms with van der Waals surface area (Å²) in [7, 11) is 0. The number of phenolic OH excluding ortho intramolecular Hbond substituents is 1. The number of cyclic esters (lactones) is 1. The molecule has 1 N–H and O–H groups in total. The van der Waals surface area contributed by atoms with Gasteiger partial charge in [-0.25, -0.2) is 4.79 Å². The Bertz CT molecular complexity index is 1260. The summed E-state index contributed by atoms with van der Waals surface area (Å²) in [5, 5.41) is 11.5. The number of fused-ring (bicyclic) bond motifs is 3. The molecule has 0 spiro atoms. The van der Waals surface area contributed by atoms with E-state index in [4.69, 9.17) is 18.9 Å². The molecule has 0 unspecified atom stereocenters. The van der Waals surface area contributed by atoms with Gasteiger partial charge in [-0.3, -0.25) is 9.59 Å². The van der Waals surface area contributed by atoms with E-state index in [0.717, 1.165) is 5.56 Å². The van der Waals surface area contributed by atoms with Crippen LogP contribution in [0.3, 0.4) is 0 Å². The Hall–Kier alpha value is -3.81. The lowest BCUT2D eigenvalue weighted by Crippen LogP contribution is -2.23. The maximum Gasteiger partial charge on any atom is 0.342 e. The van der Waals surface area contributed by atoms with Crippen molar-refractivity contribution >= 4 is 23.8 Å².